The third kappa shape index (κ3) is 2.38. The van der Waals surface area contributed by atoms with Crippen molar-refractivity contribution in [3.05, 3.63) is 46.3 Å². The number of fused-ring (bicyclic) bond motifs is 1. The molecule has 0 bridgehead atoms. The van der Waals surface area contributed by atoms with Gasteiger partial charge in [-0.3, -0.25) is 0 Å². The number of rotatable bonds is 2. The normalized spacial score (nSPS) is 11.7. The highest BCUT2D eigenvalue weighted by Crippen LogP contribution is 2.21. The molecule has 88 valence electrons. The Morgan fingerprint density at radius 3 is 2.82 bits per heavy atom. The van der Waals surface area contributed by atoms with Crippen molar-refractivity contribution in [3.8, 4) is 5.75 Å². The van der Waals surface area contributed by atoms with E-state index in [1.54, 1.807) is 6.07 Å². The van der Waals surface area contributed by atoms with E-state index in [4.69, 9.17) is 4.42 Å². The van der Waals surface area contributed by atoms with E-state index >= 15 is 0 Å². The largest absolute Gasteiger partial charge is 0.502 e. The standard InChI is InChI=1S/C14H14O3/c1-9(2)6-7-10-4-3-5-11-8-12(15)14(16)17-13(10)11/h3-9,15H,1-2H3/b7-6+. The van der Waals surface area contributed by atoms with Gasteiger partial charge in [-0.25, -0.2) is 4.79 Å². The highest BCUT2D eigenvalue weighted by atomic mass is 16.4. The van der Waals surface area contributed by atoms with Gasteiger partial charge in [0, 0.05) is 10.9 Å². The Morgan fingerprint density at radius 2 is 2.12 bits per heavy atom. The fourth-order valence-electron chi connectivity index (χ4n) is 1.58. The van der Waals surface area contributed by atoms with Crippen LogP contribution in [0.25, 0.3) is 17.0 Å². The van der Waals surface area contributed by atoms with Gasteiger partial charge in [-0.05, 0) is 12.0 Å². The zero-order valence-corrected chi connectivity index (χ0v) is 9.81. The van der Waals surface area contributed by atoms with Crippen molar-refractivity contribution >= 4 is 17.0 Å². The number of allylic oxidation sites excluding steroid dienone is 1. The Morgan fingerprint density at radius 1 is 1.35 bits per heavy atom. The second-order valence-corrected chi connectivity index (χ2v) is 4.29. The van der Waals surface area contributed by atoms with Crippen LogP contribution >= 0.6 is 0 Å². The minimum absolute atomic E-state index is 0.359. The first-order valence-electron chi connectivity index (χ1n) is 5.52. The van der Waals surface area contributed by atoms with E-state index in [0.717, 1.165) is 5.56 Å². The van der Waals surface area contributed by atoms with Crippen LogP contribution in [-0.4, -0.2) is 5.11 Å². The molecule has 0 spiro atoms. The SMILES string of the molecule is CC(C)/C=C/c1cccc2cc(O)c(=O)oc12. The second-order valence-electron chi connectivity index (χ2n) is 4.29. The van der Waals surface area contributed by atoms with Crippen molar-refractivity contribution in [2.75, 3.05) is 0 Å². The molecule has 0 aliphatic rings. The summed E-state index contributed by atoms with van der Waals surface area (Å²) in [6.07, 6.45) is 3.95. The summed E-state index contributed by atoms with van der Waals surface area (Å²) in [6, 6.07) is 6.96. The lowest BCUT2D eigenvalue weighted by Gasteiger charge is -2.01. The Bertz CT molecular complexity index is 621. The van der Waals surface area contributed by atoms with Crippen molar-refractivity contribution in [2.24, 2.45) is 5.92 Å². The number of hydrogen-bond acceptors (Lipinski definition) is 3. The van der Waals surface area contributed by atoms with Gasteiger partial charge in [-0.15, -0.1) is 0 Å². The molecule has 0 unspecified atom stereocenters. The highest BCUT2D eigenvalue weighted by Gasteiger charge is 2.05. The molecule has 1 aromatic heterocycles. The van der Waals surface area contributed by atoms with Crippen LogP contribution in [0.15, 0.2) is 39.6 Å². The molecule has 0 fully saturated rings. The molecule has 1 heterocycles. The lowest BCUT2D eigenvalue weighted by atomic mass is 10.1. The Balaban J connectivity index is 2.65. The molecule has 0 radical (unpaired) electrons. The zero-order valence-electron chi connectivity index (χ0n) is 9.81. The summed E-state index contributed by atoms with van der Waals surface area (Å²) >= 11 is 0. The van der Waals surface area contributed by atoms with E-state index in [1.165, 1.54) is 6.07 Å². The third-order valence-electron chi connectivity index (χ3n) is 2.43. The fourth-order valence-corrected chi connectivity index (χ4v) is 1.58. The molecule has 17 heavy (non-hydrogen) atoms. The highest BCUT2D eigenvalue weighted by molar-refractivity contribution is 5.85. The van der Waals surface area contributed by atoms with E-state index < -0.39 is 5.63 Å². The molecule has 0 amide bonds. The summed E-state index contributed by atoms with van der Waals surface area (Å²) in [5.41, 5.74) is 0.642. The molecule has 0 atom stereocenters. The topological polar surface area (TPSA) is 50.4 Å². The molecule has 1 N–H and O–H groups in total. The quantitative estimate of drug-likeness (QED) is 0.806. The molecule has 0 saturated heterocycles. The maximum absolute atomic E-state index is 11.3. The number of para-hydroxylation sites is 1. The average molecular weight is 230 g/mol. The number of hydrogen-bond donors (Lipinski definition) is 1. The average Bonchev–Trinajstić information content (AvgIpc) is 2.28. The van der Waals surface area contributed by atoms with Crippen LogP contribution in [0.3, 0.4) is 0 Å². The van der Waals surface area contributed by atoms with Crippen LogP contribution in [0.4, 0.5) is 0 Å². The van der Waals surface area contributed by atoms with Gasteiger partial charge >= 0.3 is 5.63 Å². The van der Waals surface area contributed by atoms with Gasteiger partial charge in [0.2, 0.25) is 5.75 Å². The van der Waals surface area contributed by atoms with Gasteiger partial charge < -0.3 is 9.52 Å². The zero-order chi connectivity index (χ0) is 12.4. The maximum Gasteiger partial charge on any atom is 0.378 e. The Hall–Kier alpha value is -2.03. The van der Waals surface area contributed by atoms with Crippen LogP contribution in [0, 0.1) is 5.92 Å². The molecule has 3 heteroatoms. The van der Waals surface area contributed by atoms with E-state index in [1.807, 2.05) is 24.3 Å². The molecular weight excluding hydrogens is 216 g/mol. The maximum atomic E-state index is 11.3. The number of benzene rings is 1. The summed E-state index contributed by atoms with van der Waals surface area (Å²) in [6.45, 7) is 4.15. The van der Waals surface area contributed by atoms with Crippen molar-refractivity contribution in [1.82, 2.24) is 0 Å². The lowest BCUT2D eigenvalue weighted by molar-refractivity contribution is 0.428. The minimum atomic E-state index is -0.706. The first-order valence-corrected chi connectivity index (χ1v) is 5.52. The summed E-state index contributed by atoms with van der Waals surface area (Å²) in [4.78, 5) is 11.3. The van der Waals surface area contributed by atoms with Crippen LogP contribution in [0.2, 0.25) is 0 Å². The molecule has 0 saturated carbocycles. The molecule has 0 aliphatic carbocycles. The van der Waals surface area contributed by atoms with E-state index in [2.05, 4.69) is 13.8 Å². The minimum Gasteiger partial charge on any atom is -0.502 e. The Labute approximate surface area is 99.0 Å². The Kier molecular flexibility index (Phi) is 3.00. The monoisotopic (exact) mass is 230 g/mol. The van der Waals surface area contributed by atoms with Crippen molar-refractivity contribution in [1.29, 1.82) is 0 Å². The molecular formula is C14H14O3. The van der Waals surface area contributed by atoms with Crippen LogP contribution in [-0.2, 0) is 0 Å². The first kappa shape index (κ1) is 11.5. The van der Waals surface area contributed by atoms with E-state index in [-0.39, 0.29) is 5.75 Å². The van der Waals surface area contributed by atoms with E-state index in [0.29, 0.717) is 16.9 Å². The van der Waals surface area contributed by atoms with Gasteiger partial charge in [0.1, 0.15) is 5.58 Å². The lowest BCUT2D eigenvalue weighted by Crippen LogP contribution is -1.97. The first-order chi connectivity index (χ1) is 8.08. The molecule has 3 nitrogen and oxygen atoms in total. The third-order valence-corrected chi connectivity index (χ3v) is 2.43. The van der Waals surface area contributed by atoms with Crippen LogP contribution in [0.5, 0.6) is 5.75 Å². The van der Waals surface area contributed by atoms with Gasteiger partial charge in [0.05, 0.1) is 0 Å². The van der Waals surface area contributed by atoms with Crippen LogP contribution < -0.4 is 5.63 Å². The predicted octanol–water partition coefficient (Wildman–Crippen LogP) is 3.17. The summed E-state index contributed by atoms with van der Waals surface area (Å²) in [7, 11) is 0. The van der Waals surface area contributed by atoms with Gasteiger partial charge in [0.15, 0.2) is 0 Å². The molecule has 0 aliphatic heterocycles. The van der Waals surface area contributed by atoms with Gasteiger partial charge in [-0.2, -0.15) is 0 Å². The van der Waals surface area contributed by atoms with E-state index in [9.17, 15) is 9.90 Å². The second kappa shape index (κ2) is 4.45. The van der Waals surface area contributed by atoms with Crippen molar-refractivity contribution in [3.63, 3.8) is 0 Å². The summed E-state index contributed by atoms with van der Waals surface area (Å²) in [5.74, 6) is 0.0663. The fraction of sp³-hybridized carbons (Fsp3) is 0.214. The summed E-state index contributed by atoms with van der Waals surface area (Å²) in [5, 5.41) is 10.0. The molecule has 1 aromatic carbocycles. The van der Waals surface area contributed by atoms with Crippen molar-refractivity contribution < 1.29 is 9.52 Å². The summed E-state index contributed by atoms with van der Waals surface area (Å²) < 4.78 is 5.10. The van der Waals surface area contributed by atoms with Crippen molar-refractivity contribution in [2.45, 2.75) is 13.8 Å². The molecule has 2 rings (SSSR count). The molecule has 2 aromatic rings. The van der Waals surface area contributed by atoms with Gasteiger partial charge in [0.25, 0.3) is 0 Å². The van der Waals surface area contributed by atoms with Crippen LogP contribution in [0.1, 0.15) is 19.4 Å². The number of aromatic hydroxyl groups is 1. The smallest absolute Gasteiger partial charge is 0.378 e. The predicted molar refractivity (Wildman–Crippen MR) is 68.0 cm³/mol. The van der Waals surface area contributed by atoms with Gasteiger partial charge in [-0.1, -0.05) is 44.2 Å².